The lowest BCUT2D eigenvalue weighted by Gasteiger charge is -2.50. The van der Waals surface area contributed by atoms with Crippen molar-refractivity contribution in [3.05, 3.63) is 12.7 Å². The average molecular weight is 385 g/mol. The van der Waals surface area contributed by atoms with E-state index in [4.69, 9.17) is 18.6 Å². The smallest absolute Gasteiger partial charge is 0.309 e. The lowest BCUT2D eigenvalue weighted by atomic mass is 9.66. The van der Waals surface area contributed by atoms with Crippen molar-refractivity contribution in [2.45, 2.75) is 69.6 Å². The number of carbonyl (C=O) groups excluding carboxylic acids is 2. The van der Waals surface area contributed by atoms with E-state index in [-0.39, 0.29) is 35.4 Å². The van der Waals surface area contributed by atoms with Crippen LogP contribution >= 0.6 is 0 Å². The van der Waals surface area contributed by atoms with Gasteiger partial charge in [-0.05, 0) is 30.6 Å². The van der Waals surface area contributed by atoms with Gasteiger partial charge in [0.05, 0.1) is 25.6 Å². The predicted molar refractivity (Wildman–Crippen MR) is 100 cm³/mol. The molecule has 148 valence electrons. The quantitative estimate of drug-likeness (QED) is 0.412. The molecule has 2 fully saturated rings. The van der Waals surface area contributed by atoms with Gasteiger partial charge in [0.1, 0.15) is 6.10 Å². The molecule has 1 aliphatic carbocycles. The molecule has 0 amide bonds. The van der Waals surface area contributed by atoms with Gasteiger partial charge in [-0.25, -0.2) is 0 Å². The van der Waals surface area contributed by atoms with Crippen molar-refractivity contribution in [3.8, 4) is 0 Å². The highest BCUT2D eigenvalue weighted by atomic mass is 28.4. The Bertz CT molecular complexity index is 581. The SMILES string of the molecule is C=C[C@]12OC(=O)C[C@H]1[C@@H](C(=O)OC)C[C@@H](O[Si](C)(C)C(C)(C)C)[C@@H]2OC. The van der Waals surface area contributed by atoms with Crippen molar-refractivity contribution in [2.24, 2.45) is 11.8 Å². The van der Waals surface area contributed by atoms with Crippen LogP contribution in [0.1, 0.15) is 33.6 Å². The van der Waals surface area contributed by atoms with Gasteiger partial charge >= 0.3 is 11.9 Å². The monoisotopic (exact) mass is 384 g/mol. The molecule has 2 aliphatic rings. The van der Waals surface area contributed by atoms with E-state index in [1.807, 2.05) is 0 Å². The van der Waals surface area contributed by atoms with Gasteiger partial charge in [-0.3, -0.25) is 9.59 Å². The molecule has 5 atom stereocenters. The zero-order chi connectivity index (χ0) is 19.9. The minimum Gasteiger partial charge on any atom is -0.469 e. The third kappa shape index (κ3) is 3.36. The van der Waals surface area contributed by atoms with E-state index >= 15 is 0 Å². The number of methoxy groups -OCH3 is 2. The molecule has 0 spiro atoms. The first-order valence-corrected chi connectivity index (χ1v) is 12.0. The molecule has 0 unspecified atom stereocenters. The maximum absolute atomic E-state index is 12.5. The topological polar surface area (TPSA) is 71.1 Å². The Balaban J connectivity index is 2.47. The highest BCUT2D eigenvalue weighted by Gasteiger charge is 2.64. The van der Waals surface area contributed by atoms with Crippen LogP contribution in [0.4, 0.5) is 0 Å². The van der Waals surface area contributed by atoms with Crippen LogP contribution in [0.25, 0.3) is 0 Å². The third-order valence-electron chi connectivity index (χ3n) is 6.34. The maximum atomic E-state index is 12.5. The Kier molecular flexibility index (Phi) is 5.76. The Hall–Kier alpha value is -1.18. The number of fused-ring (bicyclic) bond motifs is 1. The van der Waals surface area contributed by atoms with Crippen molar-refractivity contribution in [1.82, 2.24) is 0 Å². The third-order valence-corrected chi connectivity index (χ3v) is 10.8. The van der Waals surface area contributed by atoms with Crippen LogP contribution in [0.15, 0.2) is 12.7 Å². The summed E-state index contributed by atoms with van der Waals surface area (Å²) in [6, 6.07) is 0. The highest BCUT2D eigenvalue weighted by molar-refractivity contribution is 6.74. The lowest BCUT2D eigenvalue weighted by molar-refractivity contribution is -0.189. The van der Waals surface area contributed by atoms with Crippen LogP contribution in [0.2, 0.25) is 18.1 Å². The van der Waals surface area contributed by atoms with Crippen LogP contribution in [-0.4, -0.2) is 52.3 Å². The summed E-state index contributed by atoms with van der Waals surface area (Å²) in [7, 11) is 0.807. The molecule has 0 bridgehead atoms. The molecular formula is C19H32O6Si. The van der Waals surface area contributed by atoms with Gasteiger partial charge in [0.2, 0.25) is 0 Å². The fraction of sp³-hybridized carbons (Fsp3) is 0.789. The van der Waals surface area contributed by atoms with Crippen molar-refractivity contribution < 1.29 is 28.2 Å². The molecular weight excluding hydrogens is 352 g/mol. The van der Waals surface area contributed by atoms with E-state index in [1.54, 1.807) is 13.2 Å². The second-order valence-electron chi connectivity index (χ2n) is 8.78. The van der Waals surface area contributed by atoms with Crippen LogP contribution in [-0.2, 0) is 28.2 Å². The zero-order valence-electron chi connectivity index (χ0n) is 17.0. The number of esters is 2. The standard InChI is InChI=1S/C19H32O6Si/c1-9-19-13(11-15(20)24-19)12(17(21)23-6)10-14(16(19)22-5)25-26(7,8)18(2,3)4/h9,12-14,16H,1,10-11H2,2-8H3/t12-,13-,14+,16-,19-/m0/s1. The first kappa shape index (κ1) is 21.1. The number of carbonyl (C=O) groups is 2. The molecule has 1 heterocycles. The van der Waals surface area contributed by atoms with Crippen molar-refractivity contribution in [2.75, 3.05) is 14.2 Å². The fourth-order valence-electron chi connectivity index (χ4n) is 3.93. The molecule has 0 radical (unpaired) electrons. The summed E-state index contributed by atoms with van der Waals surface area (Å²) in [5.41, 5.74) is -1.07. The van der Waals surface area contributed by atoms with Gasteiger partial charge in [0.15, 0.2) is 13.9 Å². The summed E-state index contributed by atoms with van der Waals surface area (Å²) in [4.78, 5) is 24.6. The number of ether oxygens (including phenoxy) is 3. The van der Waals surface area contributed by atoms with E-state index < -0.39 is 25.9 Å². The Labute approximate surface area is 157 Å². The van der Waals surface area contributed by atoms with Gasteiger partial charge in [0.25, 0.3) is 0 Å². The summed E-state index contributed by atoms with van der Waals surface area (Å²) < 4.78 is 23.1. The molecule has 26 heavy (non-hydrogen) atoms. The average Bonchev–Trinajstić information content (AvgIpc) is 2.89. The Morgan fingerprint density at radius 1 is 1.35 bits per heavy atom. The van der Waals surface area contributed by atoms with Gasteiger partial charge in [0, 0.05) is 13.0 Å². The summed E-state index contributed by atoms with van der Waals surface area (Å²) in [5, 5.41) is -0.00338. The van der Waals surface area contributed by atoms with Crippen molar-refractivity contribution in [3.63, 3.8) is 0 Å². The second-order valence-corrected chi connectivity index (χ2v) is 13.5. The number of hydrogen-bond donors (Lipinski definition) is 0. The molecule has 7 heteroatoms. The molecule has 0 aromatic rings. The number of rotatable bonds is 5. The van der Waals surface area contributed by atoms with Gasteiger partial charge in [-0.2, -0.15) is 0 Å². The van der Waals surface area contributed by atoms with E-state index in [9.17, 15) is 9.59 Å². The van der Waals surface area contributed by atoms with E-state index in [0.717, 1.165) is 0 Å². The first-order chi connectivity index (χ1) is 11.9. The maximum Gasteiger partial charge on any atom is 0.309 e. The minimum atomic E-state index is -2.14. The van der Waals surface area contributed by atoms with Gasteiger partial charge < -0.3 is 18.6 Å². The zero-order valence-corrected chi connectivity index (χ0v) is 18.0. The van der Waals surface area contributed by atoms with Crippen LogP contribution in [0.3, 0.4) is 0 Å². The molecule has 0 aromatic heterocycles. The molecule has 2 rings (SSSR count). The van der Waals surface area contributed by atoms with Crippen molar-refractivity contribution in [1.29, 1.82) is 0 Å². The second kappa shape index (κ2) is 7.09. The highest BCUT2D eigenvalue weighted by Crippen LogP contribution is 2.51. The predicted octanol–water partition coefficient (Wildman–Crippen LogP) is 3.07. The van der Waals surface area contributed by atoms with E-state index in [2.05, 4.69) is 40.4 Å². The first-order valence-electron chi connectivity index (χ1n) is 9.07. The van der Waals surface area contributed by atoms with Gasteiger partial charge in [-0.1, -0.05) is 27.4 Å². The summed E-state index contributed by atoms with van der Waals surface area (Å²) in [5.74, 6) is -1.55. The van der Waals surface area contributed by atoms with Crippen molar-refractivity contribution >= 4 is 20.3 Å². The molecule has 1 saturated carbocycles. The number of hydrogen-bond acceptors (Lipinski definition) is 6. The summed E-state index contributed by atoms with van der Waals surface area (Å²) in [6.07, 6.45) is 1.30. The molecule has 1 saturated heterocycles. The normalized spacial score (nSPS) is 34.8. The van der Waals surface area contributed by atoms with Gasteiger partial charge in [-0.15, -0.1) is 0 Å². The lowest BCUT2D eigenvalue weighted by Crippen LogP contribution is -2.62. The minimum absolute atomic E-state index is 0.00338. The van der Waals surface area contributed by atoms with E-state index in [1.165, 1.54) is 7.11 Å². The fourth-order valence-corrected chi connectivity index (χ4v) is 5.26. The largest absolute Gasteiger partial charge is 0.469 e. The molecule has 6 nitrogen and oxygen atoms in total. The Morgan fingerprint density at radius 3 is 2.42 bits per heavy atom. The summed E-state index contributed by atoms with van der Waals surface area (Å²) in [6.45, 7) is 14.7. The van der Waals surface area contributed by atoms with Crippen LogP contribution in [0, 0.1) is 11.8 Å². The summed E-state index contributed by atoms with van der Waals surface area (Å²) >= 11 is 0. The Morgan fingerprint density at radius 2 is 1.96 bits per heavy atom. The molecule has 0 N–H and O–H groups in total. The van der Waals surface area contributed by atoms with Crippen LogP contribution < -0.4 is 0 Å². The van der Waals surface area contributed by atoms with Crippen LogP contribution in [0.5, 0.6) is 0 Å². The molecule has 0 aromatic carbocycles. The van der Waals surface area contributed by atoms with E-state index in [0.29, 0.717) is 6.42 Å². The molecule has 1 aliphatic heterocycles.